The Morgan fingerprint density at radius 1 is 0.882 bits per heavy atom. The van der Waals surface area contributed by atoms with Gasteiger partial charge in [-0.05, 0) is 6.92 Å². The molecule has 0 atom stereocenters. The molecule has 184 valence electrons. The molecule has 5 heteroatoms. The molecule has 34 heavy (non-hydrogen) atoms. The van der Waals surface area contributed by atoms with Gasteiger partial charge < -0.3 is 0 Å². The van der Waals surface area contributed by atoms with Crippen molar-refractivity contribution in [2.24, 2.45) is 0 Å². The summed E-state index contributed by atoms with van der Waals surface area (Å²) in [5, 5.41) is 6.07. The zero-order chi connectivity index (χ0) is 24.3. The molecular weight excluding hydrogens is 567 g/mol. The Labute approximate surface area is 238 Å². The van der Waals surface area contributed by atoms with Gasteiger partial charge in [0.2, 0.25) is 0 Å². The molecule has 0 saturated carbocycles. The summed E-state index contributed by atoms with van der Waals surface area (Å²) in [6.45, 7) is 23.5. The number of benzene rings is 2. The van der Waals surface area contributed by atoms with Gasteiger partial charge in [-0.2, -0.15) is 6.08 Å². The van der Waals surface area contributed by atoms with Crippen molar-refractivity contribution < 1.29 is 24.2 Å². The number of hydrogen-bond donors (Lipinski definition) is 0. The van der Waals surface area contributed by atoms with E-state index < -0.39 is 16.1 Å². The summed E-state index contributed by atoms with van der Waals surface area (Å²) in [5.41, 5.74) is 5.79. The van der Waals surface area contributed by atoms with E-state index in [4.69, 9.17) is 0 Å². The number of halogens is 2. The summed E-state index contributed by atoms with van der Waals surface area (Å²) in [6.07, 6.45) is 10.0. The molecule has 4 rings (SSSR count). The van der Waals surface area contributed by atoms with E-state index in [0.29, 0.717) is 0 Å². The standard InChI is InChI=1S/C21H29Si2.C5H5.C3H6.2ClH.Zr/c1-14-9-16(22(3,4)5)11-20-18(14)13-19-15(2)10-17(12-21(19)20)23(6,7)8;1-2-4-5-3-1;1-3-2;;;/h9-13H,1-8H3;1-3H,4H2;1-2H3;2*1H;/q2*-1;;;;+2. The zero-order valence-corrected chi connectivity index (χ0v) is 28.7. The Kier molecular flexibility index (Phi) is 13.6. The van der Waals surface area contributed by atoms with Crippen molar-refractivity contribution >= 4 is 65.3 Å². The minimum Gasteiger partial charge on any atom is -0.273 e. The smallest absolute Gasteiger partial charge is 0.0775 e. The van der Waals surface area contributed by atoms with Gasteiger partial charge in [-0.1, -0.05) is 79.9 Å². The van der Waals surface area contributed by atoms with Crippen molar-refractivity contribution in [3.8, 4) is 11.1 Å². The van der Waals surface area contributed by atoms with Gasteiger partial charge in [-0.25, -0.2) is 12.2 Å². The van der Waals surface area contributed by atoms with Crippen molar-refractivity contribution in [3.63, 3.8) is 0 Å². The van der Waals surface area contributed by atoms with Crippen LogP contribution in [-0.2, 0) is 24.2 Å². The SMILES string of the molecule is C[C](C)=[Zr+2].Cc1cc([Si](C)(C)C)cc2c3cc([Si](C)(C)C)c[c-](C)c-3cc12.Cl.Cl.[C-]1=CC=CC1. The largest absolute Gasteiger partial charge is 0.273 e. The summed E-state index contributed by atoms with van der Waals surface area (Å²) in [6, 6.07) is 12.3. The predicted octanol–water partition coefficient (Wildman–Crippen LogP) is 8.27. The second-order valence-electron chi connectivity index (χ2n) is 11.2. The average Bonchev–Trinajstić information content (AvgIpc) is 3.31. The van der Waals surface area contributed by atoms with E-state index in [2.05, 4.69) is 109 Å². The molecule has 0 fully saturated rings. The van der Waals surface area contributed by atoms with Crippen LogP contribution < -0.4 is 10.4 Å². The van der Waals surface area contributed by atoms with Crippen molar-refractivity contribution in [1.82, 2.24) is 0 Å². The normalized spacial score (nSPS) is 12.4. The van der Waals surface area contributed by atoms with Crippen LogP contribution >= 0.6 is 24.8 Å². The molecule has 0 aliphatic heterocycles. The van der Waals surface area contributed by atoms with Crippen molar-refractivity contribution in [1.29, 1.82) is 0 Å². The molecule has 0 aromatic heterocycles. The summed E-state index contributed by atoms with van der Waals surface area (Å²) in [7, 11) is -2.60. The van der Waals surface area contributed by atoms with Gasteiger partial charge in [0.25, 0.3) is 0 Å². The first-order chi connectivity index (χ1) is 14.7. The summed E-state index contributed by atoms with van der Waals surface area (Å²) >= 11 is 1.55. The van der Waals surface area contributed by atoms with Crippen LogP contribution in [0.5, 0.6) is 0 Å². The maximum atomic E-state index is 2.99. The molecule has 0 heterocycles. The summed E-state index contributed by atoms with van der Waals surface area (Å²) < 4.78 is 1.51. The number of rotatable bonds is 2. The van der Waals surface area contributed by atoms with Gasteiger partial charge in [0.1, 0.15) is 0 Å². The summed E-state index contributed by atoms with van der Waals surface area (Å²) in [4.78, 5) is 0. The molecule has 0 radical (unpaired) electrons. The minimum atomic E-state index is -1.30. The second-order valence-corrected chi connectivity index (χ2v) is 23.8. The van der Waals surface area contributed by atoms with E-state index in [1.54, 1.807) is 34.6 Å². The molecule has 0 bridgehead atoms. The van der Waals surface area contributed by atoms with Gasteiger partial charge in [-0.15, -0.1) is 71.3 Å². The third-order valence-electron chi connectivity index (χ3n) is 5.67. The monoisotopic (exact) mass is 606 g/mol. The molecular formula is C29H42Cl2Si2Zr. The Hall–Kier alpha value is -0.443. The van der Waals surface area contributed by atoms with E-state index in [0.717, 1.165) is 6.42 Å². The van der Waals surface area contributed by atoms with E-state index in [-0.39, 0.29) is 24.8 Å². The van der Waals surface area contributed by atoms with Gasteiger partial charge in [0, 0.05) is 8.07 Å². The Morgan fingerprint density at radius 3 is 1.85 bits per heavy atom. The van der Waals surface area contributed by atoms with Crippen LogP contribution in [0, 0.1) is 19.9 Å². The average molecular weight is 609 g/mol. The quantitative estimate of drug-likeness (QED) is 0.203. The van der Waals surface area contributed by atoms with Crippen molar-refractivity contribution in [3.05, 3.63) is 65.8 Å². The van der Waals surface area contributed by atoms with Crippen LogP contribution in [-0.4, -0.2) is 19.4 Å². The molecule has 3 aliphatic rings. The molecule has 0 spiro atoms. The molecule has 0 saturated heterocycles. The zero-order valence-electron chi connectivity index (χ0n) is 22.6. The minimum absolute atomic E-state index is 0. The van der Waals surface area contributed by atoms with E-state index in [9.17, 15) is 0 Å². The second kappa shape index (κ2) is 13.8. The van der Waals surface area contributed by atoms with Crippen LogP contribution in [0.15, 0.2) is 48.6 Å². The molecule has 3 aliphatic carbocycles. The fourth-order valence-electron chi connectivity index (χ4n) is 3.78. The first kappa shape index (κ1) is 33.6. The molecule has 0 amide bonds. The third-order valence-corrected chi connectivity index (χ3v) is 9.71. The number of aryl methyl sites for hydroxylation is 2. The third kappa shape index (κ3) is 9.21. The topological polar surface area (TPSA) is 0 Å². The number of allylic oxidation sites excluding steroid dienone is 4. The first-order valence-electron chi connectivity index (χ1n) is 11.6. The molecule has 0 unspecified atom stereocenters. The van der Waals surface area contributed by atoms with Gasteiger partial charge in [0.15, 0.2) is 0 Å². The number of hydrogen-bond acceptors (Lipinski definition) is 0. The van der Waals surface area contributed by atoms with Crippen LogP contribution in [0.25, 0.3) is 21.9 Å². The maximum Gasteiger partial charge on any atom is 0.0775 e. The Bertz CT molecular complexity index is 1110. The molecule has 1 aromatic carbocycles. The Morgan fingerprint density at radius 2 is 1.44 bits per heavy atom. The van der Waals surface area contributed by atoms with Gasteiger partial charge in [0.05, 0.1) is 8.07 Å². The van der Waals surface area contributed by atoms with Crippen LogP contribution in [0.1, 0.15) is 31.4 Å². The van der Waals surface area contributed by atoms with Crippen molar-refractivity contribution in [2.45, 2.75) is 73.4 Å². The van der Waals surface area contributed by atoms with Gasteiger partial charge >= 0.3 is 41.3 Å². The fraction of sp³-hybridized carbons (Fsp3) is 0.379. The van der Waals surface area contributed by atoms with Crippen molar-refractivity contribution in [2.75, 3.05) is 0 Å². The fourth-order valence-corrected chi connectivity index (χ4v) is 6.23. The molecule has 0 N–H and O–H groups in total. The maximum absolute atomic E-state index is 2.99. The summed E-state index contributed by atoms with van der Waals surface area (Å²) in [5.74, 6) is 0. The molecule has 0 nitrogen and oxygen atoms in total. The Balaban J connectivity index is 0.000000840. The first-order valence-corrected chi connectivity index (χ1v) is 19.8. The predicted molar refractivity (Wildman–Crippen MR) is 164 cm³/mol. The van der Waals surface area contributed by atoms with E-state index in [1.807, 2.05) is 12.2 Å². The number of fused-ring (bicyclic) bond motifs is 3. The van der Waals surface area contributed by atoms with Crippen LogP contribution in [0.3, 0.4) is 0 Å². The van der Waals surface area contributed by atoms with Crippen LogP contribution in [0.2, 0.25) is 39.3 Å². The van der Waals surface area contributed by atoms with Gasteiger partial charge in [-0.3, -0.25) is 6.08 Å². The molecule has 1 aromatic rings. The van der Waals surface area contributed by atoms with Crippen LogP contribution in [0.4, 0.5) is 0 Å². The van der Waals surface area contributed by atoms with E-state index in [1.165, 1.54) is 36.2 Å². The van der Waals surface area contributed by atoms with E-state index >= 15 is 0 Å².